The molecule has 1 aliphatic heterocycles. The van der Waals surface area contributed by atoms with Crippen LogP contribution in [0.1, 0.15) is 39.2 Å². The summed E-state index contributed by atoms with van der Waals surface area (Å²) in [7, 11) is 0. The summed E-state index contributed by atoms with van der Waals surface area (Å²) in [6, 6.07) is 2.22. The first-order valence-electron chi connectivity index (χ1n) is 8.01. The maximum Gasteiger partial charge on any atom is 0.410 e. The number of rotatable bonds is 3. The molecular formula is C17H23BrF2N2O2. The lowest BCUT2D eigenvalue weighted by Crippen LogP contribution is -2.49. The van der Waals surface area contributed by atoms with Crippen LogP contribution in [0, 0.1) is 11.6 Å². The van der Waals surface area contributed by atoms with Gasteiger partial charge in [0.25, 0.3) is 0 Å². The normalized spacial score (nSPS) is 18.6. The van der Waals surface area contributed by atoms with Crippen molar-refractivity contribution in [2.24, 2.45) is 0 Å². The number of carbonyl (C=O) groups is 1. The SMILES string of the molecule is CC(C)(C)OC(=O)N1CCC[C@H](NCc2c(F)ccc(F)c2Br)C1. The molecule has 1 amide bonds. The summed E-state index contributed by atoms with van der Waals surface area (Å²) in [6.45, 7) is 6.81. The van der Waals surface area contributed by atoms with Gasteiger partial charge in [-0.3, -0.25) is 0 Å². The van der Waals surface area contributed by atoms with E-state index in [1.165, 1.54) is 0 Å². The third-order valence-electron chi connectivity index (χ3n) is 3.78. The zero-order valence-corrected chi connectivity index (χ0v) is 15.8. The topological polar surface area (TPSA) is 41.6 Å². The second-order valence-corrected chi connectivity index (χ2v) is 7.76. The molecule has 0 bridgehead atoms. The Kier molecular flexibility index (Phi) is 6.20. The Bertz CT molecular complexity index is 605. The summed E-state index contributed by atoms with van der Waals surface area (Å²) < 4.78 is 32.9. The van der Waals surface area contributed by atoms with E-state index in [-0.39, 0.29) is 28.7 Å². The van der Waals surface area contributed by atoms with Gasteiger partial charge in [-0.15, -0.1) is 0 Å². The molecule has 1 aromatic carbocycles. The number of hydrogen-bond donors (Lipinski definition) is 1. The van der Waals surface area contributed by atoms with Gasteiger partial charge in [0.2, 0.25) is 0 Å². The van der Waals surface area contributed by atoms with Crippen LogP contribution in [-0.4, -0.2) is 35.7 Å². The van der Waals surface area contributed by atoms with Gasteiger partial charge in [0.1, 0.15) is 17.2 Å². The predicted octanol–water partition coefficient (Wildman–Crippen LogP) is 4.22. The summed E-state index contributed by atoms with van der Waals surface area (Å²) in [4.78, 5) is 13.8. The number of hydrogen-bond acceptors (Lipinski definition) is 3. The van der Waals surface area contributed by atoms with Crippen molar-refractivity contribution >= 4 is 22.0 Å². The highest BCUT2D eigenvalue weighted by atomic mass is 79.9. The molecule has 0 aromatic heterocycles. The summed E-state index contributed by atoms with van der Waals surface area (Å²) in [6.07, 6.45) is 1.37. The van der Waals surface area contributed by atoms with Crippen LogP contribution in [0.2, 0.25) is 0 Å². The van der Waals surface area contributed by atoms with Gasteiger partial charge in [-0.2, -0.15) is 0 Å². The number of benzene rings is 1. The Hall–Kier alpha value is -1.21. The van der Waals surface area contributed by atoms with Crippen molar-refractivity contribution in [3.8, 4) is 0 Å². The largest absolute Gasteiger partial charge is 0.444 e. The van der Waals surface area contributed by atoms with Crippen LogP contribution in [0.5, 0.6) is 0 Å². The number of carbonyl (C=O) groups excluding carboxylic acids is 1. The molecule has 1 N–H and O–H groups in total. The van der Waals surface area contributed by atoms with Gasteiger partial charge in [-0.1, -0.05) is 0 Å². The first-order chi connectivity index (χ1) is 11.2. The van der Waals surface area contributed by atoms with Crippen molar-refractivity contribution in [2.45, 2.75) is 51.8 Å². The minimum absolute atomic E-state index is 0.0147. The van der Waals surface area contributed by atoms with Crippen LogP contribution in [-0.2, 0) is 11.3 Å². The van der Waals surface area contributed by atoms with Crippen LogP contribution >= 0.6 is 15.9 Å². The maximum atomic E-state index is 13.9. The molecule has 0 radical (unpaired) electrons. The molecule has 1 heterocycles. The van der Waals surface area contributed by atoms with Gasteiger partial charge in [-0.25, -0.2) is 13.6 Å². The van der Waals surface area contributed by atoms with Gasteiger partial charge in [0.15, 0.2) is 0 Å². The molecule has 1 saturated heterocycles. The smallest absolute Gasteiger partial charge is 0.410 e. The fourth-order valence-electron chi connectivity index (χ4n) is 2.61. The zero-order valence-electron chi connectivity index (χ0n) is 14.2. The third-order valence-corrected chi connectivity index (χ3v) is 4.64. The van der Waals surface area contributed by atoms with Gasteiger partial charge in [0.05, 0.1) is 4.47 Å². The molecule has 7 heteroatoms. The molecule has 1 atom stereocenters. The van der Waals surface area contributed by atoms with E-state index in [2.05, 4.69) is 21.2 Å². The molecule has 0 aliphatic carbocycles. The van der Waals surface area contributed by atoms with Crippen LogP contribution in [0.4, 0.5) is 13.6 Å². The Morgan fingerprint density at radius 1 is 1.38 bits per heavy atom. The molecule has 1 aromatic rings. The van der Waals surface area contributed by atoms with Gasteiger partial charge >= 0.3 is 6.09 Å². The third kappa shape index (κ3) is 5.14. The number of ether oxygens (including phenoxy) is 1. The van der Waals surface area contributed by atoms with Crippen LogP contribution in [0.3, 0.4) is 0 Å². The Morgan fingerprint density at radius 2 is 2.04 bits per heavy atom. The lowest BCUT2D eigenvalue weighted by atomic mass is 10.1. The Labute approximate surface area is 149 Å². The van der Waals surface area contributed by atoms with E-state index in [1.807, 2.05) is 20.8 Å². The van der Waals surface area contributed by atoms with Crippen LogP contribution < -0.4 is 5.32 Å². The van der Waals surface area contributed by atoms with Crippen LogP contribution in [0.25, 0.3) is 0 Å². The van der Waals surface area contributed by atoms with E-state index in [0.717, 1.165) is 25.0 Å². The highest BCUT2D eigenvalue weighted by Crippen LogP contribution is 2.24. The molecule has 0 unspecified atom stereocenters. The second kappa shape index (κ2) is 7.78. The lowest BCUT2D eigenvalue weighted by molar-refractivity contribution is 0.0187. The number of halogens is 3. The minimum Gasteiger partial charge on any atom is -0.444 e. The average Bonchev–Trinajstić information content (AvgIpc) is 2.50. The number of likely N-dealkylation sites (tertiary alicyclic amines) is 1. The summed E-state index contributed by atoms with van der Waals surface area (Å²) in [5, 5.41) is 3.21. The van der Waals surface area contributed by atoms with Gasteiger partial charge < -0.3 is 15.0 Å². The number of nitrogens with one attached hydrogen (secondary N) is 1. The van der Waals surface area contributed by atoms with E-state index in [9.17, 15) is 13.6 Å². The van der Waals surface area contributed by atoms with Crippen LogP contribution in [0.15, 0.2) is 16.6 Å². The second-order valence-electron chi connectivity index (χ2n) is 6.97. The molecule has 4 nitrogen and oxygen atoms in total. The van der Waals surface area contributed by atoms with Crippen molar-refractivity contribution in [3.05, 3.63) is 33.8 Å². The maximum absolute atomic E-state index is 13.9. The van der Waals surface area contributed by atoms with Crippen molar-refractivity contribution in [1.82, 2.24) is 10.2 Å². The van der Waals surface area contributed by atoms with E-state index in [0.29, 0.717) is 13.1 Å². The summed E-state index contributed by atoms with van der Waals surface area (Å²) >= 11 is 3.08. The van der Waals surface area contributed by atoms with Crippen molar-refractivity contribution in [2.75, 3.05) is 13.1 Å². The van der Waals surface area contributed by atoms with Crippen molar-refractivity contribution < 1.29 is 18.3 Å². The molecule has 134 valence electrons. The zero-order chi connectivity index (χ0) is 17.9. The Morgan fingerprint density at radius 3 is 2.71 bits per heavy atom. The highest BCUT2D eigenvalue weighted by molar-refractivity contribution is 9.10. The molecule has 2 rings (SSSR count). The molecular weight excluding hydrogens is 382 g/mol. The fourth-order valence-corrected chi connectivity index (χ4v) is 3.08. The first-order valence-corrected chi connectivity index (χ1v) is 8.80. The molecule has 0 saturated carbocycles. The van der Waals surface area contributed by atoms with Crippen molar-refractivity contribution in [1.29, 1.82) is 0 Å². The highest BCUT2D eigenvalue weighted by Gasteiger charge is 2.27. The van der Waals surface area contributed by atoms with Crippen molar-refractivity contribution in [3.63, 3.8) is 0 Å². The van der Waals surface area contributed by atoms with E-state index >= 15 is 0 Å². The lowest BCUT2D eigenvalue weighted by Gasteiger charge is -2.34. The number of piperidine rings is 1. The number of nitrogens with zero attached hydrogens (tertiary/aromatic N) is 1. The van der Waals surface area contributed by atoms with E-state index in [4.69, 9.17) is 4.74 Å². The predicted molar refractivity (Wildman–Crippen MR) is 91.7 cm³/mol. The monoisotopic (exact) mass is 404 g/mol. The quantitative estimate of drug-likeness (QED) is 0.766. The minimum atomic E-state index is -0.535. The molecule has 1 aliphatic rings. The molecule has 24 heavy (non-hydrogen) atoms. The fraction of sp³-hybridized carbons (Fsp3) is 0.588. The van der Waals surface area contributed by atoms with E-state index in [1.54, 1.807) is 4.90 Å². The Balaban J connectivity index is 1.94. The van der Waals surface area contributed by atoms with Gasteiger partial charge in [0, 0.05) is 31.2 Å². The molecule has 0 spiro atoms. The van der Waals surface area contributed by atoms with E-state index < -0.39 is 17.2 Å². The first kappa shape index (κ1) is 19.1. The number of amides is 1. The van der Waals surface area contributed by atoms with Gasteiger partial charge in [-0.05, 0) is 61.7 Å². The summed E-state index contributed by atoms with van der Waals surface area (Å²) in [5.41, 5.74) is -0.281. The standard InChI is InChI=1S/C17H23BrF2N2O2/c1-17(2,3)24-16(23)22-8-4-5-11(10-22)21-9-12-13(19)6-7-14(20)15(12)18/h6-7,11,21H,4-5,8-10H2,1-3H3/t11-/m0/s1. The average molecular weight is 405 g/mol. The summed E-state index contributed by atoms with van der Waals surface area (Å²) in [5.74, 6) is -0.956. The molecule has 1 fully saturated rings.